The first-order valence-corrected chi connectivity index (χ1v) is 16.6. The van der Waals surface area contributed by atoms with E-state index in [1.54, 1.807) is 6.08 Å². The normalized spacial score (nSPS) is 28.2. The lowest BCUT2D eigenvalue weighted by atomic mass is 9.91. The quantitative estimate of drug-likeness (QED) is 0.119. The van der Waals surface area contributed by atoms with Crippen molar-refractivity contribution >= 4 is 41.6 Å². The number of carboxylic acids is 2. The number of hydrogen-bond donors (Lipinski definition) is 6. The van der Waals surface area contributed by atoms with E-state index in [0.29, 0.717) is 24.5 Å². The molecule has 5 atom stereocenters. The molecule has 10 nitrogen and oxygen atoms in total. The van der Waals surface area contributed by atoms with Gasteiger partial charge in [-0.1, -0.05) is 19.9 Å². The number of nitrogens with one attached hydrogen (secondary N) is 4. The first kappa shape index (κ1) is 31.7. The molecule has 0 bridgehead atoms. The van der Waals surface area contributed by atoms with Gasteiger partial charge in [-0.05, 0) is 79.3 Å². The third-order valence-electron chi connectivity index (χ3n) is 9.64. The van der Waals surface area contributed by atoms with Crippen LogP contribution in [0.5, 0.6) is 0 Å². The lowest BCUT2D eigenvalue weighted by molar-refractivity contribution is -0.137. The Morgan fingerprint density at radius 2 is 1.77 bits per heavy atom. The number of aromatic amines is 1. The van der Waals surface area contributed by atoms with Crippen molar-refractivity contribution in [2.24, 2.45) is 11.8 Å². The van der Waals surface area contributed by atoms with E-state index in [1.807, 2.05) is 33.8 Å². The Hall–Kier alpha value is -3.73. The molecule has 44 heavy (non-hydrogen) atoms. The van der Waals surface area contributed by atoms with Crippen molar-refractivity contribution < 1.29 is 29.4 Å². The van der Waals surface area contributed by atoms with E-state index in [1.165, 1.54) is 11.8 Å². The van der Waals surface area contributed by atoms with E-state index >= 15 is 0 Å². The minimum Gasteiger partial charge on any atom is -0.481 e. The molecule has 2 fully saturated rings. The Kier molecular flexibility index (Phi) is 9.15. The van der Waals surface area contributed by atoms with Crippen LogP contribution < -0.4 is 16.0 Å². The minimum atomic E-state index is -0.919. The van der Waals surface area contributed by atoms with Gasteiger partial charge in [0.25, 0.3) is 5.91 Å². The third kappa shape index (κ3) is 6.38. The smallest absolute Gasteiger partial charge is 0.307 e. The van der Waals surface area contributed by atoms with Crippen molar-refractivity contribution in [1.82, 2.24) is 20.9 Å². The number of allylic oxidation sites excluding steroid dienone is 1. The molecule has 1 unspecified atom stereocenters. The van der Waals surface area contributed by atoms with Gasteiger partial charge >= 0.3 is 11.9 Å². The van der Waals surface area contributed by atoms with Gasteiger partial charge < -0.3 is 31.1 Å². The van der Waals surface area contributed by atoms with E-state index in [2.05, 4.69) is 27.9 Å². The second kappa shape index (κ2) is 12.7. The number of carboxylic acid groups (broad SMARTS) is 2. The number of H-pyrrole nitrogens is 1. The molecule has 5 heterocycles. The Bertz CT molecular complexity index is 1530. The maximum absolute atomic E-state index is 12.7. The van der Waals surface area contributed by atoms with Gasteiger partial charge in [-0.15, -0.1) is 0 Å². The van der Waals surface area contributed by atoms with Crippen LogP contribution in [-0.2, 0) is 43.8 Å². The first-order valence-electron chi connectivity index (χ1n) is 15.4. The maximum Gasteiger partial charge on any atom is 0.307 e. The number of aliphatic carboxylic acids is 2. The van der Waals surface area contributed by atoms with Crippen LogP contribution in [0.3, 0.4) is 0 Å². The highest BCUT2D eigenvalue weighted by atomic mass is 32.2. The molecule has 6 N–H and O–H groups in total. The van der Waals surface area contributed by atoms with E-state index < -0.39 is 11.9 Å². The van der Waals surface area contributed by atoms with Gasteiger partial charge in [-0.25, -0.2) is 0 Å². The fourth-order valence-corrected chi connectivity index (χ4v) is 7.74. The standard InChI is InChI=1S/C33H42N4O6S/c1-6-19-17(4)32(42)37-25(19)12-23-16(3)21(8-10-30(40)41)27(35-23)13-26-20(7-9-29(38)39)15(2)22(34-26)11-24-18(5)31(28-14-44-28)33(43)36-24/h7,12,17,19,24,26,28,34-35H,6,8-11,13-14H2,1-5H3,(H,36,43)(H,37,42)(H,38,39)(H,40,41)/p+1/b20-7+,25-12-/t17-,19-,24-,26?,28-/m1/s1. The van der Waals surface area contributed by atoms with Crippen LogP contribution in [0.1, 0.15) is 75.9 Å². The van der Waals surface area contributed by atoms with Gasteiger partial charge in [-0.2, -0.15) is 0 Å². The monoisotopic (exact) mass is 623 g/mol. The summed E-state index contributed by atoms with van der Waals surface area (Å²) < 4.78 is 0. The van der Waals surface area contributed by atoms with Crippen molar-refractivity contribution in [2.45, 2.75) is 90.5 Å². The summed E-state index contributed by atoms with van der Waals surface area (Å²) in [6.07, 6.45) is 5.83. The van der Waals surface area contributed by atoms with E-state index in [-0.39, 0.29) is 48.6 Å². The molecule has 2 saturated heterocycles. The fraction of sp³-hybridized carbons (Fsp3) is 0.515. The van der Waals surface area contributed by atoms with Crippen molar-refractivity contribution in [3.8, 4) is 0 Å². The van der Waals surface area contributed by atoms with Crippen LogP contribution in [0.15, 0.2) is 39.8 Å². The molecule has 1 aromatic heterocycles. The summed E-state index contributed by atoms with van der Waals surface area (Å²) in [7, 11) is 0. The molecule has 236 valence electrons. The predicted molar refractivity (Wildman–Crippen MR) is 171 cm³/mol. The molecule has 4 aliphatic heterocycles. The van der Waals surface area contributed by atoms with Crippen molar-refractivity contribution in [3.63, 3.8) is 0 Å². The Morgan fingerprint density at radius 1 is 1.05 bits per heavy atom. The highest BCUT2D eigenvalue weighted by molar-refractivity contribution is 7.87. The number of carbonyl (C=O) groups excluding carboxylic acids is 2. The van der Waals surface area contributed by atoms with Gasteiger partial charge in [0.1, 0.15) is 0 Å². The lowest BCUT2D eigenvalue weighted by Gasteiger charge is -2.18. The van der Waals surface area contributed by atoms with Crippen molar-refractivity contribution in [2.75, 3.05) is 5.75 Å². The molecule has 0 radical (unpaired) electrons. The van der Waals surface area contributed by atoms with Gasteiger partial charge in [-0.3, -0.25) is 19.2 Å². The number of thiol groups is 1. The summed E-state index contributed by atoms with van der Waals surface area (Å²) in [4.78, 5) is 51.8. The molecular formula is C33H43N4O6S+. The summed E-state index contributed by atoms with van der Waals surface area (Å²) in [6, 6.07) is -0.346. The molecule has 4 aliphatic rings. The first-order chi connectivity index (χ1) is 20.9. The van der Waals surface area contributed by atoms with Gasteiger partial charge in [0.15, 0.2) is 11.0 Å². The average Bonchev–Trinajstić information content (AvgIpc) is 3.53. The summed E-state index contributed by atoms with van der Waals surface area (Å²) in [5.41, 5.74) is 9.28. The molecule has 5 rings (SSSR count). The average molecular weight is 624 g/mol. The Labute approximate surface area is 261 Å². The molecule has 0 spiro atoms. The number of rotatable bonds is 12. The molecule has 2 amide bonds. The van der Waals surface area contributed by atoms with Gasteiger partial charge in [0, 0.05) is 53.9 Å². The minimum absolute atomic E-state index is 0.00319. The number of amides is 2. The van der Waals surface area contributed by atoms with E-state index in [0.717, 1.165) is 68.4 Å². The number of carbonyl (C=O) groups is 4. The molecule has 0 saturated carbocycles. The van der Waals surface area contributed by atoms with Crippen LogP contribution in [0.25, 0.3) is 6.08 Å². The molecular weight excluding hydrogens is 580 g/mol. The lowest BCUT2D eigenvalue weighted by Crippen LogP contribution is -2.33. The van der Waals surface area contributed by atoms with E-state index in [4.69, 9.17) is 0 Å². The Balaban J connectivity index is 1.45. The van der Waals surface area contributed by atoms with Crippen LogP contribution in [-0.4, -0.2) is 62.0 Å². The predicted octanol–water partition coefficient (Wildman–Crippen LogP) is 3.06. The highest BCUT2D eigenvalue weighted by Crippen LogP contribution is 2.36. The summed E-state index contributed by atoms with van der Waals surface area (Å²) in [5, 5.41) is 29.1. The third-order valence-corrected chi connectivity index (χ3v) is 10.6. The molecule has 11 heteroatoms. The number of hydrogen-bond acceptors (Lipinski definition) is 5. The summed E-state index contributed by atoms with van der Waals surface area (Å²) in [6.45, 7) is 9.98. The van der Waals surface area contributed by atoms with Crippen molar-refractivity contribution in [1.29, 1.82) is 0 Å². The van der Waals surface area contributed by atoms with Crippen LogP contribution in [0, 0.1) is 18.8 Å². The molecule has 0 aromatic carbocycles. The molecule has 0 aliphatic carbocycles. The number of aromatic nitrogens is 1. The second-order valence-corrected chi connectivity index (χ2v) is 13.7. The fourth-order valence-electron chi connectivity index (χ4n) is 6.95. The van der Waals surface area contributed by atoms with E-state index in [9.17, 15) is 29.4 Å². The van der Waals surface area contributed by atoms with Crippen LogP contribution >= 0.6 is 0 Å². The SMILES string of the molecule is CC[C@H]1/C(=C/c2[nH]c(CC3NC(C[C@H]4NC(=O)C([C@H]5C[SH+]5)=C4C)=C(C)/C3=C\CC(=O)O)c(CCC(=O)O)c2C)NC(=O)[C@@H]1C. The zero-order valence-electron chi connectivity index (χ0n) is 26.0. The van der Waals surface area contributed by atoms with Crippen molar-refractivity contribution in [3.05, 3.63) is 62.3 Å². The maximum atomic E-state index is 12.7. The summed E-state index contributed by atoms with van der Waals surface area (Å²) >= 11 is 1.30. The van der Waals surface area contributed by atoms with Crippen LogP contribution in [0.4, 0.5) is 0 Å². The Morgan fingerprint density at radius 3 is 2.41 bits per heavy atom. The van der Waals surface area contributed by atoms with Gasteiger partial charge in [0.2, 0.25) is 5.91 Å². The summed E-state index contributed by atoms with van der Waals surface area (Å²) in [5.74, 6) is -0.788. The van der Waals surface area contributed by atoms with Crippen LogP contribution in [0.2, 0.25) is 0 Å². The highest BCUT2D eigenvalue weighted by Gasteiger charge is 2.47. The largest absolute Gasteiger partial charge is 0.481 e. The van der Waals surface area contributed by atoms with Gasteiger partial charge in [0.05, 0.1) is 24.1 Å². The topological polar surface area (TPSA) is 161 Å². The zero-order chi connectivity index (χ0) is 31.9. The zero-order valence-corrected chi connectivity index (χ0v) is 26.9. The second-order valence-electron chi connectivity index (χ2n) is 12.4. The molecule has 1 aromatic rings.